The van der Waals surface area contributed by atoms with Gasteiger partial charge in [0.15, 0.2) is 0 Å². The molecular weight excluding hydrogens is 238 g/mol. The van der Waals surface area contributed by atoms with Crippen LogP contribution in [0.1, 0.15) is 13.8 Å². The zero-order valence-electron chi connectivity index (χ0n) is 10.6. The first-order chi connectivity index (χ1) is 8.39. The van der Waals surface area contributed by atoms with Crippen LogP contribution in [0.15, 0.2) is 12.4 Å². The van der Waals surface area contributed by atoms with Gasteiger partial charge in [-0.25, -0.2) is 0 Å². The lowest BCUT2D eigenvalue weighted by Gasteiger charge is -2.23. The number of hydrogen-bond donors (Lipinski definition) is 2. The fourth-order valence-electron chi connectivity index (χ4n) is 1.33. The van der Waals surface area contributed by atoms with Crippen molar-refractivity contribution in [2.24, 2.45) is 0 Å². The van der Waals surface area contributed by atoms with Crippen molar-refractivity contribution in [1.29, 1.82) is 0 Å². The molecule has 0 saturated carbocycles. The minimum Gasteiger partial charge on any atom is -0.353 e. The van der Waals surface area contributed by atoms with E-state index < -0.39 is 10.5 Å². The average Bonchev–Trinajstić information content (AvgIpc) is 2.79. The van der Waals surface area contributed by atoms with Gasteiger partial charge in [0.2, 0.25) is 5.91 Å². The van der Waals surface area contributed by atoms with E-state index >= 15 is 0 Å². The molecule has 0 aliphatic heterocycles. The number of carbonyl (C=O) groups excluding carboxylic acids is 1. The maximum atomic E-state index is 11.9. The molecule has 1 amide bonds. The van der Waals surface area contributed by atoms with E-state index in [1.54, 1.807) is 20.9 Å². The lowest BCUT2D eigenvalue weighted by atomic mass is 10.1. The lowest BCUT2D eigenvalue weighted by Crippen LogP contribution is -2.46. The van der Waals surface area contributed by atoms with Crippen molar-refractivity contribution < 1.29 is 9.72 Å². The van der Waals surface area contributed by atoms with Gasteiger partial charge in [-0.1, -0.05) is 0 Å². The number of amides is 1. The number of aromatic nitrogens is 2. The van der Waals surface area contributed by atoms with E-state index in [1.807, 2.05) is 0 Å². The normalized spacial score (nSPS) is 11.3. The van der Waals surface area contributed by atoms with Crippen molar-refractivity contribution >= 4 is 11.6 Å². The van der Waals surface area contributed by atoms with E-state index in [9.17, 15) is 14.9 Å². The first kappa shape index (κ1) is 14.1. The highest BCUT2D eigenvalue weighted by Gasteiger charge is 2.31. The van der Waals surface area contributed by atoms with Gasteiger partial charge in [-0.15, -0.1) is 0 Å². The molecule has 18 heavy (non-hydrogen) atoms. The molecule has 1 aromatic heterocycles. The lowest BCUT2D eigenvalue weighted by molar-refractivity contribution is -0.385. The zero-order valence-corrected chi connectivity index (χ0v) is 10.6. The molecule has 0 radical (unpaired) electrons. The Kier molecular flexibility index (Phi) is 4.38. The Morgan fingerprint density at radius 3 is 2.72 bits per heavy atom. The van der Waals surface area contributed by atoms with Crippen molar-refractivity contribution in [2.45, 2.75) is 19.4 Å². The van der Waals surface area contributed by atoms with E-state index in [-0.39, 0.29) is 11.6 Å². The Hall–Kier alpha value is -1.96. The smallest absolute Gasteiger partial charge is 0.307 e. The highest BCUT2D eigenvalue weighted by Crippen LogP contribution is 2.18. The van der Waals surface area contributed by atoms with E-state index in [2.05, 4.69) is 15.7 Å². The molecule has 100 valence electrons. The van der Waals surface area contributed by atoms with Gasteiger partial charge in [-0.05, 0) is 20.9 Å². The summed E-state index contributed by atoms with van der Waals surface area (Å²) in [5.74, 6) is -0.240. The van der Waals surface area contributed by atoms with E-state index in [0.717, 1.165) is 6.20 Å². The number of nitro groups is 1. The molecule has 0 spiro atoms. The Morgan fingerprint density at radius 2 is 2.22 bits per heavy atom. The quantitative estimate of drug-likeness (QED) is 0.418. The van der Waals surface area contributed by atoms with Gasteiger partial charge < -0.3 is 10.6 Å². The second-order valence-corrected chi connectivity index (χ2v) is 4.32. The van der Waals surface area contributed by atoms with E-state index in [4.69, 9.17) is 0 Å². The maximum absolute atomic E-state index is 11.9. The number of rotatable bonds is 6. The van der Waals surface area contributed by atoms with Crippen LogP contribution in [0.2, 0.25) is 0 Å². The molecule has 1 rings (SSSR count). The highest BCUT2D eigenvalue weighted by atomic mass is 16.6. The predicted octanol–water partition coefficient (Wildman–Crippen LogP) is -0.138. The number of nitrogens with zero attached hydrogens (tertiary/aromatic N) is 3. The molecule has 2 N–H and O–H groups in total. The van der Waals surface area contributed by atoms with Crippen LogP contribution in [-0.4, -0.2) is 40.7 Å². The molecule has 0 aromatic carbocycles. The van der Waals surface area contributed by atoms with Crippen molar-refractivity contribution in [3.8, 4) is 0 Å². The van der Waals surface area contributed by atoms with Crippen molar-refractivity contribution in [3.05, 3.63) is 22.5 Å². The predicted molar refractivity (Wildman–Crippen MR) is 65.1 cm³/mol. The summed E-state index contributed by atoms with van der Waals surface area (Å²) < 4.78 is 1.29. The summed E-state index contributed by atoms with van der Waals surface area (Å²) in [6.07, 6.45) is 2.38. The number of likely N-dealkylation sites (N-methyl/N-ethyl adjacent to an activating group) is 1. The average molecular weight is 255 g/mol. The number of hydrogen-bond acceptors (Lipinski definition) is 5. The Bertz CT molecular complexity index is 440. The molecule has 0 saturated heterocycles. The SMILES string of the molecule is CNCCNC(=O)C(C)(C)n1cc([N+](=O)[O-])cn1. The number of nitrogens with one attached hydrogen (secondary N) is 2. The summed E-state index contributed by atoms with van der Waals surface area (Å²) in [7, 11) is 1.79. The standard InChI is InChI=1S/C10H17N5O3/c1-10(2,9(16)12-5-4-11-3)14-7-8(6-13-14)15(17)18/h6-7,11H,4-5H2,1-3H3,(H,12,16). The molecule has 0 aliphatic carbocycles. The molecule has 1 aromatic rings. The summed E-state index contributed by atoms with van der Waals surface area (Å²) in [5.41, 5.74) is -1.10. The van der Waals surface area contributed by atoms with Crippen LogP contribution in [0.5, 0.6) is 0 Å². The first-order valence-electron chi connectivity index (χ1n) is 5.52. The molecule has 0 aliphatic rings. The second-order valence-electron chi connectivity index (χ2n) is 4.32. The van der Waals surface area contributed by atoms with E-state index in [1.165, 1.54) is 10.9 Å². The summed E-state index contributed by atoms with van der Waals surface area (Å²) in [5, 5.41) is 20.1. The van der Waals surface area contributed by atoms with Crippen molar-refractivity contribution in [3.63, 3.8) is 0 Å². The first-order valence-corrected chi connectivity index (χ1v) is 5.52. The molecule has 0 atom stereocenters. The summed E-state index contributed by atoms with van der Waals surface area (Å²) in [4.78, 5) is 22.0. The molecule has 8 nitrogen and oxygen atoms in total. The monoisotopic (exact) mass is 255 g/mol. The van der Waals surface area contributed by atoms with Crippen LogP contribution >= 0.6 is 0 Å². The van der Waals surface area contributed by atoms with Crippen LogP contribution in [0.25, 0.3) is 0 Å². The van der Waals surface area contributed by atoms with Crippen LogP contribution in [-0.2, 0) is 10.3 Å². The fraction of sp³-hybridized carbons (Fsp3) is 0.600. The van der Waals surface area contributed by atoms with Crippen molar-refractivity contribution in [2.75, 3.05) is 20.1 Å². The van der Waals surface area contributed by atoms with Gasteiger partial charge in [-0.3, -0.25) is 19.6 Å². The molecule has 8 heteroatoms. The van der Waals surface area contributed by atoms with Crippen LogP contribution in [0, 0.1) is 10.1 Å². The second kappa shape index (κ2) is 5.58. The van der Waals surface area contributed by atoms with Gasteiger partial charge in [0.05, 0.1) is 4.92 Å². The van der Waals surface area contributed by atoms with Crippen LogP contribution < -0.4 is 10.6 Å². The third kappa shape index (κ3) is 3.04. The van der Waals surface area contributed by atoms with Gasteiger partial charge in [-0.2, -0.15) is 5.10 Å². The molecular formula is C10H17N5O3. The molecule has 0 fully saturated rings. The van der Waals surface area contributed by atoms with E-state index in [0.29, 0.717) is 13.1 Å². The minimum absolute atomic E-state index is 0.133. The van der Waals surface area contributed by atoms with Crippen LogP contribution in [0.3, 0.4) is 0 Å². The van der Waals surface area contributed by atoms with Gasteiger partial charge >= 0.3 is 5.69 Å². The largest absolute Gasteiger partial charge is 0.353 e. The van der Waals surface area contributed by atoms with Gasteiger partial charge in [0, 0.05) is 13.1 Å². The fourth-order valence-corrected chi connectivity index (χ4v) is 1.33. The molecule has 1 heterocycles. The summed E-state index contributed by atoms with van der Waals surface area (Å²) in [6, 6.07) is 0. The third-order valence-electron chi connectivity index (χ3n) is 2.57. The van der Waals surface area contributed by atoms with Gasteiger partial charge in [0.1, 0.15) is 17.9 Å². The zero-order chi connectivity index (χ0) is 13.8. The maximum Gasteiger partial charge on any atom is 0.307 e. The number of carbonyl (C=O) groups is 1. The minimum atomic E-state index is -0.970. The topological polar surface area (TPSA) is 102 Å². The highest BCUT2D eigenvalue weighted by molar-refractivity contribution is 5.83. The third-order valence-corrected chi connectivity index (χ3v) is 2.57. The molecule has 0 unspecified atom stereocenters. The van der Waals surface area contributed by atoms with Crippen LogP contribution in [0.4, 0.5) is 5.69 Å². The Labute approximate surface area is 105 Å². The van der Waals surface area contributed by atoms with Gasteiger partial charge in [0.25, 0.3) is 0 Å². The van der Waals surface area contributed by atoms with Crippen molar-refractivity contribution in [1.82, 2.24) is 20.4 Å². The Morgan fingerprint density at radius 1 is 1.56 bits per heavy atom. The molecule has 0 bridgehead atoms. The Balaban J connectivity index is 2.77. The summed E-state index contributed by atoms with van der Waals surface area (Å²) >= 11 is 0. The summed E-state index contributed by atoms with van der Waals surface area (Å²) in [6.45, 7) is 4.44.